The summed E-state index contributed by atoms with van der Waals surface area (Å²) in [7, 11) is -5.86. The fourth-order valence-electron chi connectivity index (χ4n) is 3.21. The Morgan fingerprint density at radius 1 is 0.767 bits per heavy atom. The van der Waals surface area contributed by atoms with Gasteiger partial charge in [0.1, 0.15) is 5.69 Å². The monoisotopic (exact) mass is 436 g/mol. The van der Waals surface area contributed by atoms with Gasteiger partial charge in [0.25, 0.3) is 5.88 Å². The van der Waals surface area contributed by atoms with Crippen molar-refractivity contribution in [2.45, 2.75) is 33.2 Å². The third-order valence-electron chi connectivity index (χ3n) is 4.22. The minimum absolute atomic E-state index is 0.224. The molecule has 158 valence electrons. The van der Waals surface area contributed by atoms with E-state index in [4.69, 9.17) is 0 Å². The normalized spacial score (nSPS) is 12.1. The van der Waals surface area contributed by atoms with Crippen LogP contribution in [0.1, 0.15) is 22.3 Å². The van der Waals surface area contributed by atoms with E-state index < -0.39 is 21.5 Å². The lowest BCUT2D eigenvalue weighted by atomic mass is 9.98. The number of nitrogens with zero attached hydrogens (tertiary/aromatic N) is 2. The van der Waals surface area contributed by atoms with E-state index in [-0.39, 0.29) is 5.69 Å². The molecule has 0 radical (unpaired) electrons. The second-order valence-corrected chi connectivity index (χ2v) is 8.68. The van der Waals surface area contributed by atoms with Crippen LogP contribution in [0.15, 0.2) is 42.6 Å². The standard InChI is InChI=1S/C21H19F3N2O3S/c1-12-5-13(2)8-16(7-12)19-20(17-9-14(3)6-15(4)10-17)26-18(11-25-19)29-30(27,28)21(22,23)24/h5-11H,1-4H3. The van der Waals surface area contributed by atoms with Crippen molar-refractivity contribution in [2.75, 3.05) is 0 Å². The molecule has 3 aromatic rings. The van der Waals surface area contributed by atoms with Crippen molar-refractivity contribution in [3.8, 4) is 28.4 Å². The van der Waals surface area contributed by atoms with Gasteiger partial charge in [0.15, 0.2) is 0 Å². The Morgan fingerprint density at radius 3 is 1.63 bits per heavy atom. The van der Waals surface area contributed by atoms with E-state index in [0.717, 1.165) is 28.5 Å². The van der Waals surface area contributed by atoms with Crippen molar-refractivity contribution in [1.82, 2.24) is 9.97 Å². The van der Waals surface area contributed by atoms with Crippen LogP contribution < -0.4 is 4.18 Å². The molecule has 30 heavy (non-hydrogen) atoms. The first kappa shape index (κ1) is 21.8. The fourth-order valence-corrected chi connectivity index (χ4v) is 3.61. The van der Waals surface area contributed by atoms with Crippen LogP contribution in [-0.4, -0.2) is 23.9 Å². The second-order valence-electron chi connectivity index (χ2n) is 7.14. The molecule has 3 rings (SSSR count). The number of benzene rings is 2. The van der Waals surface area contributed by atoms with Gasteiger partial charge in [0, 0.05) is 11.1 Å². The molecular weight excluding hydrogens is 417 g/mol. The van der Waals surface area contributed by atoms with E-state index in [2.05, 4.69) is 14.2 Å². The highest BCUT2D eigenvalue weighted by atomic mass is 32.2. The molecule has 0 spiro atoms. The Hall–Kier alpha value is -2.94. The smallest absolute Gasteiger partial charge is 0.354 e. The van der Waals surface area contributed by atoms with Gasteiger partial charge in [0.2, 0.25) is 0 Å². The zero-order valence-electron chi connectivity index (χ0n) is 16.7. The first-order valence-corrected chi connectivity index (χ1v) is 10.3. The molecule has 0 N–H and O–H groups in total. The van der Waals surface area contributed by atoms with Gasteiger partial charge in [-0.15, -0.1) is 0 Å². The van der Waals surface area contributed by atoms with Gasteiger partial charge in [-0.25, -0.2) is 9.97 Å². The Morgan fingerprint density at radius 2 is 1.20 bits per heavy atom. The minimum Gasteiger partial charge on any atom is -0.354 e. The number of alkyl halides is 3. The van der Waals surface area contributed by atoms with Gasteiger partial charge in [-0.3, -0.25) is 0 Å². The van der Waals surface area contributed by atoms with E-state index in [0.29, 0.717) is 16.8 Å². The van der Waals surface area contributed by atoms with Crippen molar-refractivity contribution in [3.05, 3.63) is 64.8 Å². The topological polar surface area (TPSA) is 69.2 Å². The van der Waals surface area contributed by atoms with E-state index in [1.807, 2.05) is 52.0 Å². The Kier molecular flexibility index (Phi) is 5.60. The van der Waals surface area contributed by atoms with E-state index in [1.54, 1.807) is 12.1 Å². The number of halogens is 3. The molecule has 0 aliphatic heterocycles. The van der Waals surface area contributed by atoms with Crippen LogP contribution in [0, 0.1) is 27.7 Å². The Bertz CT molecular complexity index is 1180. The maximum absolute atomic E-state index is 12.7. The van der Waals surface area contributed by atoms with Gasteiger partial charge in [-0.1, -0.05) is 34.4 Å². The van der Waals surface area contributed by atoms with Crippen LogP contribution in [0.2, 0.25) is 0 Å². The maximum Gasteiger partial charge on any atom is 0.534 e. The zero-order valence-corrected chi connectivity index (χ0v) is 17.5. The molecule has 5 nitrogen and oxygen atoms in total. The summed E-state index contributed by atoms with van der Waals surface area (Å²) >= 11 is 0. The number of rotatable bonds is 4. The highest BCUT2D eigenvalue weighted by molar-refractivity contribution is 7.87. The summed E-state index contributed by atoms with van der Waals surface area (Å²) in [6, 6.07) is 11.2. The lowest BCUT2D eigenvalue weighted by Crippen LogP contribution is -2.28. The molecule has 0 amide bonds. The lowest BCUT2D eigenvalue weighted by Gasteiger charge is -2.14. The number of aromatic nitrogens is 2. The Balaban J connectivity index is 2.23. The number of hydrogen-bond acceptors (Lipinski definition) is 5. The predicted octanol–water partition coefficient (Wildman–Crippen LogP) is 5.27. The van der Waals surface area contributed by atoms with E-state index in [9.17, 15) is 21.6 Å². The largest absolute Gasteiger partial charge is 0.534 e. The molecule has 0 atom stereocenters. The highest BCUT2D eigenvalue weighted by Crippen LogP contribution is 2.34. The van der Waals surface area contributed by atoms with Crippen LogP contribution >= 0.6 is 0 Å². The van der Waals surface area contributed by atoms with Gasteiger partial charge in [0.05, 0.1) is 11.9 Å². The van der Waals surface area contributed by atoms with Gasteiger partial charge < -0.3 is 4.18 Å². The first-order valence-electron chi connectivity index (χ1n) is 8.91. The molecule has 2 aromatic carbocycles. The van der Waals surface area contributed by atoms with Crippen molar-refractivity contribution in [2.24, 2.45) is 0 Å². The number of aryl methyl sites for hydroxylation is 4. The quantitative estimate of drug-likeness (QED) is 0.412. The molecule has 1 heterocycles. The summed E-state index contributed by atoms with van der Waals surface area (Å²) in [5, 5.41) is 0. The molecule has 9 heteroatoms. The summed E-state index contributed by atoms with van der Waals surface area (Å²) in [5.41, 5.74) is 0.117. The fraction of sp³-hybridized carbons (Fsp3) is 0.238. The summed E-state index contributed by atoms with van der Waals surface area (Å²) in [6.07, 6.45) is 0.877. The molecule has 0 unspecified atom stereocenters. The molecule has 0 saturated heterocycles. The molecular formula is C21H19F3N2O3S. The molecule has 0 fully saturated rings. The third-order valence-corrected chi connectivity index (χ3v) is 5.18. The van der Waals surface area contributed by atoms with Crippen LogP contribution in [0.25, 0.3) is 22.5 Å². The molecule has 0 bridgehead atoms. The summed E-state index contributed by atoms with van der Waals surface area (Å²) in [4.78, 5) is 8.31. The minimum atomic E-state index is -5.86. The van der Waals surface area contributed by atoms with Crippen molar-refractivity contribution in [1.29, 1.82) is 0 Å². The predicted molar refractivity (Wildman–Crippen MR) is 107 cm³/mol. The van der Waals surface area contributed by atoms with Crippen molar-refractivity contribution in [3.63, 3.8) is 0 Å². The number of hydrogen-bond donors (Lipinski definition) is 0. The second kappa shape index (κ2) is 7.71. The zero-order chi connectivity index (χ0) is 22.3. The average molecular weight is 436 g/mol. The maximum atomic E-state index is 12.7. The Labute approximate surface area is 172 Å². The molecule has 0 aliphatic rings. The third kappa shape index (κ3) is 4.62. The van der Waals surface area contributed by atoms with Crippen LogP contribution in [0.5, 0.6) is 5.88 Å². The molecule has 0 aliphatic carbocycles. The summed E-state index contributed by atoms with van der Waals surface area (Å²) < 4.78 is 65.2. The molecule has 1 aromatic heterocycles. The molecule has 0 saturated carbocycles. The van der Waals surface area contributed by atoms with E-state index >= 15 is 0 Å². The van der Waals surface area contributed by atoms with Crippen LogP contribution in [0.3, 0.4) is 0 Å². The van der Waals surface area contributed by atoms with Gasteiger partial charge in [-0.05, 0) is 52.0 Å². The van der Waals surface area contributed by atoms with E-state index in [1.165, 1.54) is 0 Å². The van der Waals surface area contributed by atoms with Crippen LogP contribution in [0.4, 0.5) is 13.2 Å². The van der Waals surface area contributed by atoms with Gasteiger partial charge in [-0.2, -0.15) is 21.6 Å². The van der Waals surface area contributed by atoms with Crippen molar-refractivity contribution >= 4 is 10.1 Å². The summed E-state index contributed by atoms with van der Waals surface area (Å²) in [5.74, 6) is -0.755. The average Bonchev–Trinajstić information content (AvgIpc) is 2.58. The van der Waals surface area contributed by atoms with Gasteiger partial charge >= 0.3 is 15.6 Å². The van der Waals surface area contributed by atoms with Crippen molar-refractivity contribution < 1.29 is 25.8 Å². The SMILES string of the molecule is Cc1cc(C)cc(-c2ncc(OS(=O)(=O)C(F)(F)F)nc2-c2cc(C)cc(C)c2)c1. The highest BCUT2D eigenvalue weighted by Gasteiger charge is 2.49. The lowest BCUT2D eigenvalue weighted by molar-refractivity contribution is -0.0501. The summed E-state index contributed by atoms with van der Waals surface area (Å²) in [6.45, 7) is 7.56. The van der Waals surface area contributed by atoms with Crippen LogP contribution in [-0.2, 0) is 10.1 Å². The first-order chi connectivity index (χ1) is 13.9.